The van der Waals surface area contributed by atoms with Crippen molar-refractivity contribution in [3.05, 3.63) is 40.9 Å². The first kappa shape index (κ1) is 24.1. The molecule has 10 heteroatoms. The van der Waals surface area contributed by atoms with E-state index in [1.807, 2.05) is 39.0 Å². The SMILES string of the molecule is CC(=O)NC1CC[C@H](NC(=O)c2sc3nccc4c3c2NC(=O)N4c2ccc(OC(C)C)cc2C)C1. The maximum atomic E-state index is 13.4. The molecule has 9 nitrogen and oxygen atoms in total. The second kappa shape index (κ2) is 9.42. The van der Waals surface area contributed by atoms with Gasteiger partial charge in [-0.05, 0) is 69.9 Å². The molecule has 2 aliphatic rings. The Balaban J connectivity index is 1.45. The second-order valence-electron chi connectivity index (χ2n) is 9.58. The van der Waals surface area contributed by atoms with Gasteiger partial charge in [-0.25, -0.2) is 9.78 Å². The van der Waals surface area contributed by atoms with Crippen LogP contribution in [0.5, 0.6) is 5.75 Å². The minimum absolute atomic E-state index is 0.0378. The molecule has 0 spiro atoms. The van der Waals surface area contributed by atoms with E-state index in [4.69, 9.17) is 4.74 Å². The number of hydrogen-bond donors (Lipinski definition) is 3. The van der Waals surface area contributed by atoms with Crippen molar-refractivity contribution in [2.45, 2.75) is 65.1 Å². The van der Waals surface area contributed by atoms with E-state index in [1.54, 1.807) is 17.2 Å². The molecule has 188 valence electrons. The van der Waals surface area contributed by atoms with Crippen LogP contribution in [-0.4, -0.2) is 41.0 Å². The van der Waals surface area contributed by atoms with Gasteiger partial charge < -0.3 is 20.7 Å². The topological polar surface area (TPSA) is 113 Å². The molecule has 1 unspecified atom stereocenters. The number of pyridine rings is 1. The predicted octanol–water partition coefficient (Wildman–Crippen LogP) is 4.86. The van der Waals surface area contributed by atoms with Gasteiger partial charge in [-0.1, -0.05) is 0 Å². The normalized spacial score (nSPS) is 18.9. The smallest absolute Gasteiger partial charge is 0.331 e. The molecule has 3 aromatic rings. The number of benzene rings is 1. The van der Waals surface area contributed by atoms with Crippen molar-refractivity contribution < 1.29 is 19.1 Å². The predicted molar refractivity (Wildman–Crippen MR) is 140 cm³/mol. The Morgan fingerprint density at radius 1 is 1.17 bits per heavy atom. The Labute approximate surface area is 213 Å². The Morgan fingerprint density at radius 2 is 1.92 bits per heavy atom. The zero-order valence-corrected chi connectivity index (χ0v) is 21.5. The van der Waals surface area contributed by atoms with Gasteiger partial charge in [0.2, 0.25) is 5.91 Å². The van der Waals surface area contributed by atoms with Crippen LogP contribution in [0.3, 0.4) is 0 Å². The summed E-state index contributed by atoms with van der Waals surface area (Å²) in [6.07, 6.45) is 4.00. The number of ether oxygens (including phenoxy) is 1. The van der Waals surface area contributed by atoms with Gasteiger partial charge >= 0.3 is 6.03 Å². The maximum Gasteiger partial charge on any atom is 0.331 e. The third-order valence-electron chi connectivity index (χ3n) is 6.41. The van der Waals surface area contributed by atoms with Crippen LogP contribution in [0.15, 0.2) is 30.5 Å². The number of nitrogens with one attached hydrogen (secondary N) is 3. The Bertz CT molecular complexity index is 1370. The summed E-state index contributed by atoms with van der Waals surface area (Å²) in [4.78, 5) is 45.2. The molecule has 0 saturated heterocycles. The number of urea groups is 1. The van der Waals surface area contributed by atoms with E-state index in [2.05, 4.69) is 20.9 Å². The highest BCUT2D eigenvalue weighted by molar-refractivity contribution is 7.21. The van der Waals surface area contributed by atoms with Crippen LogP contribution in [0.4, 0.5) is 21.9 Å². The lowest BCUT2D eigenvalue weighted by molar-refractivity contribution is -0.119. The first-order valence-electron chi connectivity index (χ1n) is 12.1. The van der Waals surface area contributed by atoms with Gasteiger partial charge in [-0.15, -0.1) is 11.3 Å². The fourth-order valence-corrected chi connectivity index (χ4v) is 6.01. The fraction of sp³-hybridized carbons (Fsp3) is 0.385. The minimum Gasteiger partial charge on any atom is -0.491 e. The lowest BCUT2D eigenvalue weighted by Crippen LogP contribution is -2.37. The van der Waals surface area contributed by atoms with Crippen LogP contribution in [0.25, 0.3) is 10.2 Å². The van der Waals surface area contributed by atoms with Crippen molar-refractivity contribution >= 4 is 56.5 Å². The highest BCUT2D eigenvalue weighted by Crippen LogP contribution is 2.46. The summed E-state index contributed by atoms with van der Waals surface area (Å²) in [7, 11) is 0. The summed E-state index contributed by atoms with van der Waals surface area (Å²) in [5.74, 6) is 0.433. The van der Waals surface area contributed by atoms with Crippen molar-refractivity contribution in [2.75, 3.05) is 10.2 Å². The zero-order valence-electron chi connectivity index (χ0n) is 20.7. The van der Waals surface area contributed by atoms with Crippen LogP contribution in [-0.2, 0) is 4.79 Å². The number of nitrogens with zero attached hydrogens (tertiary/aromatic N) is 2. The van der Waals surface area contributed by atoms with Crippen molar-refractivity contribution in [1.82, 2.24) is 15.6 Å². The summed E-state index contributed by atoms with van der Waals surface area (Å²) in [5, 5.41) is 9.69. The highest BCUT2D eigenvalue weighted by Gasteiger charge is 2.34. The van der Waals surface area contributed by atoms with E-state index in [9.17, 15) is 14.4 Å². The lowest BCUT2D eigenvalue weighted by atomic mass is 10.1. The molecule has 36 heavy (non-hydrogen) atoms. The fourth-order valence-electron chi connectivity index (χ4n) is 4.99. The van der Waals surface area contributed by atoms with Crippen molar-refractivity contribution in [3.63, 3.8) is 0 Å². The number of rotatable bonds is 6. The van der Waals surface area contributed by atoms with Gasteiger partial charge in [0.25, 0.3) is 5.91 Å². The largest absolute Gasteiger partial charge is 0.491 e. The van der Waals surface area contributed by atoms with Gasteiger partial charge in [0.1, 0.15) is 15.5 Å². The summed E-state index contributed by atoms with van der Waals surface area (Å²) in [5.41, 5.74) is 2.79. The van der Waals surface area contributed by atoms with Gasteiger partial charge in [0.05, 0.1) is 28.6 Å². The van der Waals surface area contributed by atoms with Gasteiger partial charge in [-0.2, -0.15) is 0 Å². The van der Waals surface area contributed by atoms with E-state index in [-0.39, 0.29) is 36.0 Å². The number of hydrogen-bond acceptors (Lipinski definition) is 6. The number of thiophene rings is 1. The van der Waals surface area contributed by atoms with Crippen LogP contribution in [0, 0.1) is 6.92 Å². The number of aryl methyl sites for hydroxylation is 1. The van der Waals surface area contributed by atoms with Gasteiger partial charge in [0, 0.05) is 25.2 Å². The molecule has 0 bridgehead atoms. The molecule has 1 aliphatic carbocycles. The zero-order chi connectivity index (χ0) is 25.6. The number of anilines is 3. The molecule has 1 aromatic carbocycles. The summed E-state index contributed by atoms with van der Waals surface area (Å²) in [6, 6.07) is 7.13. The van der Waals surface area contributed by atoms with Crippen molar-refractivity contribution in [2.24, 2.45) is 0 Å². The molecule has 4 amide bonds. The molecule has 1 saturated carbocycles. The average Bonchev–Trinajstić information content (AvgIpc) is 3.39. The average molecular weight is 508 g/mol. The molecule has 3 N–H and O–H groups in total. The van der Waals surface area contributed by atoms with E-state index in [0.717, 1.165) is 35.2 Å². The standard InChI is InChI=1S/C26H29N5O4S/c1-13(2)35-18-7-8-19(14(3)11-18)31-20-9-10-27-25-21(20)22(30-26(31)34)23(36-25)24(33)29-17-6-5-16(12-17)28-15(4)32/h7-11,13,16-17H,5-6,12H2,1-4H3,(H,28,32)(H,29,33)(H,30,34)/t16?,17-/m0/s1. The first-order chi connectivity index (χ1) is 17.2. The molecular formula is C26H29N5O4S. The quantitative estimate of drug-likeness (QED) is 0.441. The number of carbonyl (C=O) groups is 3. The Morgan fingerprint density at radius 3 is 2.61 bits per heavy atom. The van der Waals surface area contributed by atoms with E-state index in [1.165, 1.54) is 18.3 Å². The second-order valence-corrected chi connectivity index (χ2v) is 10.6. The monoisotopic (exact) mass is 507 g/mol. The van der Waals surface area contributed by atoms with Crippen molar-refractivity contribution in [1.29, 1.82) is 0 Å². The Kier molecular flexibility index (Phi) is 6.29. The molecular weight excluding hydrogens is 478 g/mol. The van der Waals surface area contributed by atoms with Crippen LogP contribution in [0.2, 0.25) is 0 Å². The molecule has 1 aliphatic heterocycles. The molecule has 2 aromatic heterocycles. The minimum atomic E-state index is -0.338. The van der Waals surface area contributed by atoms with Crippen LogP contribution in [0.1, 0.15) is 55.3 Å². The lowest BCUT2D eigenvalue weighted by Gasteiger charge is -2.29. The molecule has 0 radical (unpaired) electrons. The maximum absolute atomic E-state index is 13.4. The first-order valence-corrected chi connectivity index (χ1v) is 12.9. The molecule has 5 rings (SSSR count). The van der Waals surface area contributed by atoms with Crippen LogP contribution < -0.4 is 25.6 Å². The molecule has 3 heterocycles. The highest BCUT2D eigenvalue weighted by atomic mass is 32.1. The third kappa shape index (κ3) is 4.48. The van der Waals surface area contributed by atoms with Crippen LogP contribution >= 0.6 is 11.3 Å². The van der Waals surface area contributed by atoms with Gasteiger partial charge in [0.15, 0.2) is 0 Å². The number of aromatic nitrogens is 1. The van der Waals surface area contributed by atoms with E-state index in [0.29, 0.717) is 27.5 Å². The Hall–Kier alpha value is -3.66. The molecule has 2 atom stereocenters. The molecule has 1 fully saturated rings. The van der Waals surface area contributed by atoms with Gasteiger partial charge in [-0.3, -0.25) is 14.5 Å². The van der Waals surface area contributed by atoms with E-state index < -0.39 is 0 Å². The summed E-state index contributed by atoms with van der Waals surface area (Å²) < 4.78 is 5.80. The third-order valence-corrected chi connectivity index (χ3v) is 7.50. The number of amides is 4. The summed E-state index contributed by atoms with van der Waals surface area (Å²) in [6.45, 7) is 7.37. The van der Waals surface area contributed by atoms with Crippen molar-refractivity contribution in [3.8, 4) is 5.75 Å². The summed E-state index contributed by atoms with van der Waals surface area (Å²) >= 11 is 1.26. The van der Waals surface area contributed by atoms with E-state index >= 15 is 0 Å². The number of carbonyl (C=O) groups excluding carboxylic acids is 3.